The summed E-state index contributed by atoms with van der Waals surface area (Å²) in [6.45, 7) is 0. The highest BCUT2D eigenvalue weighted by Gasteiger charge is 1.63. The van der Waals surface area contributed by atoms with Crippen LogP contribution in [0.15, 0.2) is 36.6 Å². The van der Waals surface area contributed by atoms with Crippen molar-refractivity contribution in [3.05, 3.63) is 36.6 Å². The Labute approximate surface area is 60.9 Å². The van der Waals surface area contributed by atoms with Crippen LogP contribution >= 0.6 is 0 Å². The van der Waals surface area contributed by atoms with Crippen LogP contribution in [-0.2, 0) is 0 Å². The van der Waals surface area contributed by atoms with E-state index in [9.17, 15) is 0 Å². The smallest absolute Gasteiger partial charge is 0.161 e. The summed E-state index contributed by atoms with van der Waals surface area (Å²) < 4.78 is 0. The van der Waals surface area contributed by atoms with Crippen molar-refractivity contribution in [2.75, 3.05) is 7.05 Å². The van der Waals surface area contributed by atoms with Gasteiger partial charge >= 0.3 is 0 Å². The minimum Gasteiger partial charge on any atom is -0.516 e. The van der Waals surface area contributed by atoms with Crippen molar-refractivity contribution < 1.29 is 10.1 Å². The molecule has 0 aromatic heterocycles. The van der Waals surface area contributed by atoms with E-state index >= 15 is 0 Å². The molecule has 2 N–H and O–H groups in total. The van der Waals surface area contributed by atoms with Gasteiger partial charge in [0.2, 0.25) is 0 Å². The second-order valence-electron chi connectivity index (χ2n) is 1.57. The van der Waals surface area contributed by atoms with Gasteiger partial charge in [0.25, 0.3) is 0 Å². The van der Waals surface area contributed by atoms with Gasteiger partial charge in [-0.2, -0.15) is 0 Å². The second kappa shape index (κ2) is 7.69. The summed E-state index contributed by atoms with van der Waals surface area (Å²) >= 11 is 0. The van der Waals surface area contributed by atoms with Crippen molar-refractivity contribution in [3.63, 3.8) is 0 Å². The van der Waals surface area contributed by atoms with Crippen LogP contribution in [0, 0.1) is 0 Å². The Morgan fingerprint density at radius 3 is 2.20 bits per heavy atom. The van der Waals surface area contributed by atoms with E-state index in [1.807, 2.05) is 31.5 Å². The van der Waals surface area contributed by atoms with E-state index in [0.29, 0.717) is 0 Å². The molecular formula is C8H12NO+. The van der Waals surface area contributed by atoms with Crippen LogP contribution < -0.4 is 4.99 Å². The highest BCUT2D eigenvalue weighted by atomic mass is 16.2. The molecule has 0 heterocycles. The zero-order chi connectivity index (χ0) is 7.66. The van der Waals surface area contributed by atoms with E-state index in [1.165, 1.54) is 0 Å². The first kappa shape index (κ1) is 8.69. The molecule has 0 aromatic rings. The van der Waals surface area contributed by atoms with Gasteiger partial charge in [0.1, 0.15) is 7.05 Å². The first-order chi connectivity index (χ1) is 4.91. The second-order valence-corrected chi connectivity index (χ2v) is 1.57. The maximum Gasteiger partial charge on any atom is 0.161 e. The SMILES string of the molecule is C[NH+]=CC=CC=CC=CO. The number of aliphatic hydroxyl groups excluding tert-OH is 1. The van der Waals surface area contributed by atoms with E-state index in [0.717, 1.165) is 6.26 Å². The summed E-state index contributed by atoms with van der Waals surface area (Å²) in [6, 6.07) is 0. The van der Waals surface area contributed by atoms with E-state index in [4.69, 9.17) is 5.11 Å². The van der Waals surface area contributed by atoms with Crippen LogP contribution in [0.3, 0.4) is 0 Å². The third kappa shape index (κ3) is 6.69. The lowest BCUT2D eigenvalue weighted by molar-refractivity contribution is -0.413. The van der Waals surface area contributed by atoms with Crippen molar-refractivity contribution in [3.8, 4) is 0 Å². The van der Waals surface area contributed by atoms with Crippen LogP contribution in [0.25, 0.3) is 0 Å². The Kier molecular flexibility index (Phi) is 6.68. The van der Waals surface area contributed by atoms with Gasteiger partial charge in [-0.25, -0.2) is 0 Å². The fourth-order valence-corrected chi connectivity index (χ4v) is 0.394. The van der Waals surface area contributed by atoms with Crippen LogP contribution in [0.1, 0.15) is 0 Å². The predicted octanol–water partition coefficient (Wildman–Crippen LogP) is -0.0483. The topological polar surface area (TPSA) is 34.2 Å². The van der Waals surface area contributed by atoms with Gasteiger partial charge in [0, 0.05) is 6.08 Å². The lowest BCUT2D eigenvalue weighted by Gasteiger charge is -1.68. The van der Waals surface area contributed by atoms with Crippen LogP contribution in [0.2, 0.25) is 0 Å². The summed E-state index contributed by atoms with van der Waals surface area (Å²) in [4.78, 5) is 2.85. The minimum absolute atomic E-state index is 0.992. The predicted molar refractivity (Wildman–Crippen MR) is 43.0 cm³/mol. The Bertz CT molecular complexity index is 146. The molecule has 0 aliphatic heterocycles. The monoisotopic (exact) mass is 138 g/mol. The van der Waals surface area contributed by atoms with E-state index in [2.05, 4.69) is 4.99 Å². The minimum atomic E-state index is 0.992. The first-order valence-electron chi connectivity index (χ1n) is 3.05. The normalized spacial score (nSPS) is 13.3. The van der Waals surface area contributed by atoms with Crippen LogP contribution in [0.5, 0.6) is 0 Å². The number of rotatable bonds is 3. The van der Waals surface area contributed by atoms with Gasteiger partial charge < -0.3 is 5.11 Å². The van der Waals surface area contributed by atoms with Gasteiger partial charge in [-0.05, 0) is 6.08 Å². The molecule has 0 amide bonds. The third-order valence-corrected chi connectivity index (χ3v) is 0.793. The molecule has 2 nitrogen and oxygen atoms in total. The van der Waals surface area contributed by atoms with Gasteiger partial charge in [0.05, 0.1) is 6.26 Å². The van der Waals surface area contributed by atoms with Crippen LogP contribution in [0.4, 0.5) is 0 Å². The maximum absolute atomic E-state index is 8.19. The fraction of sp³-hybridized carbons (Fsp3) is 0.125. The van der Waals surface area contributed by atoms with Crippen molar-refractivity contribution in [1.29, 1.82) is 0 Å². The van der Waals surface area contributed by atoms with Gasteiger partial charge in [-0.3, -0.25) is 4.99 Å². The first-order valence-corrected chi connectivity index (χ1v) is 3.05. The Balaban J connectivity index is 3.51. The van der Waals surface area contributed by atoms with Crippen molar-refractivity contribution in [2.45, 2.75) is 0 Å². The summed E-state index contributed by atoms with van der Waals surface area (Å²) in [5.41, 5.74) is 0. The highest BCUT2D eigenvalue weighted by molar-refractivity contribution is 5.65. The molecule has 0 spiro atoms. The summed E-state index contributed by atoms with van der Waals surface area (Å²) in [5, 5.41) is 8.19. The number of hydrogen-bond donors (Lipinski definition) is 2. The Morgan fingerprint density at radius 2 is 1.60 bits per heavy atom. The molecular weight excluding hydrogens is 126 g/mol. The van der Waals surface area contributed by atoms with Crippen LogP contribution in [-0.4, -0.2) is 18.4 Å². The molecule has 10 heavy (non-hydrogen) atoms. The average Bonchev–Trinajstić information content (AvgIpc) is 1.97. The Hall–Kier alpha value is -1.31. The summed E-state index contributed by atoms with van der Waals surface area (Å²) in [6.07, 6.45) is 11.6. The zero-order valence-electron chi connectivity index (χ0n) is 5.99. The third-order valence-electron chi connectivity index (χ3n) is 0.793. The van der Waals surface area contributed by atoms with Gasteiger partial charge in [0.15, 0.2) is 6.21 Å². The number of allylic oxidation sites excluding steroid dienone is 5. The molecule has 54 valence electrons. The molecule has 0 aliphatic carbocycles. The quantitative estimate of drug-likeness (QED) is 0.320. The number of hydrogen-bond acceptors (Lipinski definition) is 1. The average molecular weight is 138 g/mol. The Morgan fingerprint density at radius 1 is 1.00 bits per heavy atom. The largest absolute Gasteiger partial charge is 0.516 e. The fourth-order valence-electron chi connectivity index (χ4n) is 0.394. The molecule has 0 fully saturated rings. The number of aliphatic hydroxyl groups is 1. The van der Waals surface area contributed by atoms with Crippen molar-refractivity contribution >= 4 is 6.21 Å². The van der Waals surface area contributed by atoms with E-state index < -0.39 is 0 Å². The lowest BCUT2D eigenvalue weighted by atomic mass is 10.4. The maximum atomic E-state index is 8.19. The molecule has 0 bridgehead atoms. The van der Waals surface area contributed by atoms with Gasteiger partial charge in [-0.15, -0.1) is 0 Å². The lowest BCUT2D eigenvalue weighted by Crippen LogP contribution is -2.62. The molecule has 0 saturated carbocycles. The molecule has 0 radical (unpaired) electrons. The van der Waals surface area contributed by atoms with Crippen molar-refractivity contribution in [1.82, 2.24) is 0 Å². The van der Waals surface area contributed by atoms with Crippen molar-refractivity contribution in [2.24, 2.45) is 0 Å². The molecule has 0 unspecified atom stereocenters. The van der Waals surface area contributed by atoms with E-state index in [-0.39, 0.29) is 0 Å². The summed E-state index contributed by atoms with van der Waals surface area (Å²) in [7, 11) is 1.84. The standard InChI is InChI=1S/C8H11NO/c1-9-7-5-3-2-4-6-8-10/h2-8,10H,1H3/p+1. The molecule has 0 saturated heterocycles. The molecule has 2 heteroatoms. The van der Waals surface area contributed by atoms with Gasteiger partial charge in [-0.1, -0.05) is 18.2 Å². The molecule has 0 aromatic carbocycles. The highest BCUT2D eigenvalue weighted by Crippen LogP contribution is 1.75. The summed E-state index contributed by atoms with van der Waals surface area (Å²) in [5.74, 6) is 0. The molecule has 0 atom stereocenters. The zero-order valence-corrected chi connectivity index (χ0v) is 5.99. The molecule has 0 aliphatic rings. The number of nitrogens with one attached hydrogen (secondary N) is 1. The van der Waals surface area contributed by atoms with E-state index in [1.54, 1.807) is 12.2 Å². The molecule has 0 rings (SSSR count).